The lowest BCUT2D eigenvalue weighted by molar-refractivity contribution is -0.165. The first-order valence-corrected chi connectivity index (χ1v) is 14.1. The third-order valence-electron chi connectivity index (χ3n) is 7.38. The van der Waals surface area contributed by atoms with Gasteiger partial charge in [0.2, 0.25) is 11.8 Å². The highest BCUT2D eigenvalue weighted by Crippen LogP contribution is 2.34. The van der Waals surface area contributed by atoms with E-state index >= 15 is 0 Å². The molecule has 4 atom stereocenters. The zero-order valence-electron chi connectivity index (χ0n) is 24.5. The van der Waals surface area contributed by atoms with Gasteiger partial charge in [-0.15, -0.1) is 6.58 Å². The summed E-state index contributed by atoms with van der Waals surface area (Å²) in [4.78, 5) is 55.4. The molecule has 1 saturated heterocycles. The van der Waals surface area contributed by atoms with Crippen LogP contribution < -0.4 is 16.1 Å². The minimum Gasteiger partial charge on any atom is -0.344 e. The van der Waals surface area contributed by atoms with Gasteiger partial charge in [-0.1, -0.05) is 38.6 Å². The van der Waals surface area contributed by atoms with Crippen LogP contribution in [0.25, 0.3) is 16.8 Å². The van der Waals surface area contributed by atoms with Crippen molar-refractivity contribution >= 4 is 40.4 Å². The molecular weight excluding hydrogens is 563 g/mol. The standard InChI is InChI=1S/C31H38F3N5O4/c1-6-9-24(40)16-25(18(3)4)28(41)36-19(5)30(43)39-13-8-10-26(38-39)29(42)37-27(31(32,33)34)20-11-12-21-17-35-23(7-2)15-22(21)14-20/h6-7,11-12,14-15,17-19,25-27,38H,1-2,8-10,13,16H2,3-5H3,(H,36,41)(H,37,42)/t19-,25-,26-,27-/m0/s1. The summed E-state index contributed by atoms with van der Waals surface area (Å²) < 4.78 is 42.5. The molecule has 1 aliphatic rings. The van der Waals surface area contributed by atoms with Crippen LogP contribution in [0.2, 0.25) is 0 Å². The lowest BCUT2D eigenvalue weighted by atomic mass is 9.89. The second kappa shape index (κ2) is 14.4. The lowest BCUT2D eigenvalue weighted by Crippen LogP contribution is -2.61. The van der Waals surface area contributed by atoms with E-state index in [1.807, 2.05) is 0 Å². The number of benzene rings is 1. The number of amides is 3. The second-order valence-corrected chi connectivity index (χ2v) is 11.0. The number of alkyl halides is 3. The van der Waals surface area contributed by atoms with Crippen LogP contribution in [0.1, 0.15) is 63.8 Å². The van der Waals surface area contributed by atoms with Crippen LogP contribution in [-0.2, 0) is 19.2 Å². The van der Waals surface area contributed by atoms with E-state index in [9.17, 15) is 32.3 Å². The molecule has 0 saturated carbocycles. The van der Waals surface area contributed by atoms with E-state index < -0.39 is 47.9 Å². The molecule has 1 fully saturated rings. The number of fused-ring (bicyclic) bond motifs is 1. The Hall–Kier alpha value is -4.06. The van der Waals surface area contributed by atoms with Gasteiger partial charge in [0.25, 0.3) is 5.91 Å². The normalized spacial score (nSPS) is 17.6. The summed E-state index contributed by atoms with van der Waals surface area (Å²) in [6, 6.07) is 1.36. The maximum atomic E-state index is 14.2. The third-order valence-corrected chi connectivity index (χ3v) is 7.38. The molecule has 3 rings (SSSR count). The number of hydrogen-bond acceptors (Lipinski definition) is 6. The number of allylic oxidation sites excluding steroid dienone is 1. The van der Waals surface area contributed by atoms with Crippen LogP contribution >= 0.6 is 0 Å². The summed E-state index contributed by atoms with van der Waals surface area (Å²) >= 11 is 0. The molecule has 1 aromatic heterocycles. The quantitative estimate of drug-likeness (QED) is 0.310. The largest absolute Gasteiger partial charge is 0.412 e. The number of hydrogen-bond donors (Lipinski definition) is 3. The smallest absolute Gasteiger partial charge is 0.344 e. The van der Waals surface area contributed by atoms with Crippen LogP contribution in [0.5, 0.6) is 0 Å². The van der Waals surface area contributed by atoms with Crippen LogP contribution in [0.4, 0.5) is 13.2 Å². The molecule has 43 heavy (non-hydrogen) atoms. The fourth-order valence-corrected chi connectivity index (χ4v) is 4.94. The molecule has 0 spiro atoms. The van der Waals surface area contributed by atoms with Crippen molar-refractivity contribution in [3.8, 4) is 0 Å². The number of halogens is 3. The maximum absolute atomic E-state index is 14.2. The molecule has 0 radical (unpaired) electrons. The number of nitrogens with zero attached hydrogens (tertiary/aromatic N) is 2. The number of hydrazine groups is 1. The zero-order chi connectivity index (χ0) is 31.9. The molecule has 2 aromatic rings. The fourth-order valence-electron chi connectivity index (χ4n) is 4.94. The number of rotatable bonds is 12. The third kappa shape index (κ3) is 8.73. The van der Waals surface area contributed by atoms with Crippen molar-refractivity contribution in [2.45, 2.75) is 70.8 Å². The van der Waals surface area contributed by atoms with Crippen LogP contribution in [0.3, 0.4) is 0 Å². The first-order valence-electron chi connectivity index (χ1n) is 14.1. The molecule has 9 nitrogen and oxygen atoms in total. The van der Waals surface area contributed by atoms with Crippen LogP contribution in [0.15, 0.2) is 49.7 Å². The summed E-state index contributed by atoms with van der Waals surface area (Å²) in [6.45, 7) is 12.4. The van der Waals surface area contributed by atoms with Gasteiger partial charge in [-0.2, -0.15) is 13.2 Å². The summed E-state index contributed by atoms with van der Waals surface area (Å²) in [5.41, 5.74) is 3.08. The van der Waals surface area contributed by atoms with Crippen LogP contribution in [-0.4, -0.2) is 58.3 Å². The predicted octanol–water partition coefficient (Wildman–Crippen LogP) is 4.41. The Kier molecular flexibility index (Phi) is 11.2. The summed E-state index contributed by atoms with van der Waals surface area (Å²) in [6.07, 6.45) is 0.384. The lowest BCUT2D eigenvalue weighted by Gasteiger charge is -2.35. The molecule has 1 aromatic carbocycles. The minimum atomic E-state index is -4.79. The molecule has 2 heterocycles. The van der Waals surface area contributed by atoms with Gasteiger partial charge in [-0.3, -0.25) is 29.2 Å². The Bertz CT molecular complexity index is 1380. The van der Waals surface area contributed by atoms with E-state index in [0.29, 0.717) is 22.9 Å². The van der Waals surface area contributed by atoms with Crippen molar-refractivity contribution in [2.75, 3.05) is 6.54 Å². The highest BCUT2D eigenvalue weighted by atomic mass is 19.4. The van der Waals surface area contributed by atoms with Gasteiger partial charge in [0, 0.05) is 36.9 Å². The monoisotopic (exact) mass is 601 g/mol. The van der Waals surface area contributed by atoms with Gasteiger partial charge in [-0.05, 0) is 54.8 Å². The molecular formula is C31H38F3N5O4. The van der Waals surface area contributed by atoms with E-state index in [1.165, 1.54) is 43.5 Å². The maximum Gasteiger partial charge on any atom is 0.412 e. The highest BCUT2D eigenvalue weighted by Gasteiger charge is 2.43. The average molecular weight is 602 g/mol. The van der Waals surface area contributed by atoms with Gasteiger partial charge in [0.05, 0.1) is 5.69 Å². The molecule has 3 N–H and O–H groups in total. The van der Waals surface area contributed by atoms with Crippen molar-refractivity contribution in [3.05, 3.63) is 61.0 Å². The molecule has 0 unspecified atom stereocenters. The topological polar surface area (TPSA) is 121 Å². The molecule has 0 bridgehead atoms. The van der Waals surface area contributed by atoms with Gasteiger partial charge < -0.3 is 10.6 Å². The number of carbonyl (C=O) groups is 4. The first kappa shape index (κ1) is 33.4. The molecule has 3 amide bonds. The fraction of sp³-hybridized carbons (Fsp3) is 0.452. The SMILES string of the molecule is C=CCC(=O)C[C@H](C(=O)N[C@@H](C)C(=O)N1CCC[C@@H](C(=O)N[C@@H](c2ccc3cnc(C=C)cc3c2)C(F)(F)F)N1)C(C)C. The van der Waals surface area contributed by atoms with Crippen molar-refractivity contribution in [1.82, 2.24) is 26.1 Å². The Morgan fingerprint density at radius 2 is 1.84 bits per heavy atom. The summed E-state index contributed by atoms with van der Waals surface area (Å²) in [5, 5.41) is 7.04. The molecule has 232 valence electrons. The Morgan fingerprint density at radius 1 is 1.12 bits per heavy atom. The van der Waals surface area contributed by atoms with Crippen molar-refractivity contribution in [1.29, 1.82) is 0 Å². The molecule has 0 aliphatic carbocycles. The van der Waals surface area contributed by atoms with Crippen LogP contribution in [0, 0.1) is 11.8 Å². The van der Waals surface area contributed by atoms with E-state index in [0.717, 1.165) is 5.01 Å². The van der Waals surface area contributed by atoms with Gasteiger partial charge in [0.1, 0.15) is 17.9 Å². The molecule has 12 heteroatoms. The van der Waals surface area contributed by atoms with Gasteiger partial charge in [0.15, 0.2) is 6.04 Å². The van der Waals surface area contributed by atoms with E-state index in [-0.39, 0.29) is 43.1 Å². The number of carbonyl (C=O) groups excluding carboxylic acids is 4. The summed E-state index contributed by atoms with van der Waals surface area (Å²) in [5.74, 6) is -2.89. The zero-order valence-corrected chi connectivity index (χ0v) is 24.5. The summed E-state index contributed by atoms with van der Waals surface area (Å²) in [7, 11) is 0. The second-order valence-electron chi connectivity index (χ2n) is 11.0. The van der Waals surface area contributed by atoms with Gasteiger partial charge in [-0.25, -0.2) is 5.43 Å². The number of ketones is 1. The number of pyridine rings is 1. The Balaban J connectivity index is 1.69. The predicted molar refractivity (Wildman–Crippen MR) is 157 cm³/mol. The van der Waals surface area contributed by atoms with E-state index in [4.69, 9.17) is 0 Å². The number of aromatic nitrogens is 1. The number of nitrogens with one attached hydrogen (secondary N) is 3. The van der Waals surface area contributed by atoms with E-state index in [2.05, 4.69) is 34.2 Å². The van der Waals surface area contributed by atoms with Crippen molar-refractivity contribution < 1.29 is 32.3 Å². The highest BCUT2D eigenvalue weighted by molar-refractivity contribution is 5.91. The Morgan fingerprint density at radius 3 is 2.47 bits per heavy atom. The molecule has 1 aliphatic heterocycles. The van der Waals surface area contributed by atoms with Crippen molar-refractivity contribution in [3.63, 3.8) is 0 Å². The van der Waals surface area contributed by atoms with E-state index in [1.54, 1.807) is 19.9 Å². The van der Waals surface area contributed by atoms with Crippen molar-refractivity contribution in [2.24, 2.45) is 11.8 Å². The Labute approximate surface area is 248 Å². The minimum absolute atomic E-state index is 0.00449. The average Bonchev–Trinajstić information content (AvgIpc) is 2.96. The van der Waals surface area contributed by atoms with Gasteiger partial charge >= 0.3 is 6.18 Å². The number of Topliss-reactive ketones (excluding diaryl/α,β-unsaturated/α-hetero) is 1. The first-order chi connectivity index (χ1) is 20.2.